The Hall–Kier alpha value is -2.12. The van der Waals surface area contributed by atoms with Crippen molar-refractivity contribution in [3.63, 3.8) is 0 Å². The molecule has 110 valence electrons. The number of hydrogen-bond donors (Lipinski definition) is 1. The van der Waals surface area contributed by atoms with Crippen LogP contribution in [0.3, 0.4) is 0 Å². The van der Waals surface area contributed by atoms with Crippen molar-refractivity contribution in [3.05, 3.63) is 29.6 Å². The summed E-state index contributed by atoms with van der Waals surface area (Å²) in [5.41, 5.74) is -1.18. The predicted molar refractivity (Wildman–Crippen MR) is 63.1 cm³/mol. The molecule has 0 aliphatic heterocycles. The fourth-order valence-corrected chi connectivity index (χ4v) is 1.56. The average Bonchev–Trinajstić information content (AvgIpc) is 2.36. The molecule has 0 spiro atoms. The van der Waals surface area contributed by atoms with E-state index < -0.39 is 30.3 Å². The maximum atomic E-state index is 12.3. The Labute approximate surface area is 113 Å². The summed E-state index contributed by atoms with van der Waals surface area (Å²) >= 11 is 0. The molecule has 1 aromatic rings. The molecule has 20 heavy (non-hydrogen) atoms. The van der Waals surface area contributed by atoms with Crippen LogP contribution >= 0.6 is 0 Å². The molecule has 8 heteroatoms. The zero-order valence-electron chi connectivity index (χ0n) is 10.6. The Morgan fingerprint density at radius 1 is 1.35 bits per heavy atom. The standard InChI is InChI=1S/C12H13F3N2O3/c1-2-5-17(7-10(18)19)11(20)8-3-4-9(16-6-8)12(13,14)15/h3-4,6H,2,5,7H2,1H3,(H,18,19). The maximum Gasteiger partial charge on any atom is 0.433 e. The molecule has 0 unspecified atom stereocenters. The summed E-state index contributed by atoms with van der Waals surface area (Å²) in [5, 5.41) is 8.70. The van der Waals surface area contributed by atoms with E-state index in [0.29, 0.717) is 12.5 Å². The molecule has 1 amide bonds. The van der Waals surface area contributed by atoms with E-state index in [1.54, 1.807) is 6.92 Å². The highest BCUT2D eigenvalue weighted by molar-refractivity contribution is 5.95. The molecule has 1 heterocycles. The van der Waals surface area contributed by atoms with Gasteiger partial charge in [0.1, 0.15) is 12.2 Å². The van der Waals surface area contributed by atoms with Crippen molar-refractivity contribution in [3.8, 4) is 0 Å². The first-order chi connectivity index (χ1) is 9.25. The molecule has 1 N–H and O–H groups in total. The summed E-state index contributed by atoms with van der Waals surface area (Å²) in [6.07, 6.45) is -3.24. The fourth-order valence-electron chi connectivity index (χ4n) is 1.56. The first-order valence-electron chi connectivity index (χ1n) is 5.80. The third kappa shape index (κ3) is 4.22. The van der Waals surface area contributed by atoms with Crippen LogP contribution < -0.4 is 0 Å². The fraction of sp³-hybridized carbons (Fsp3) is 0.417. The van der Waals surface area contributed by atoms with Gasteiger partial charge in [0, 0.05) is 12.7 Å². The largest absolute Gasteiger partial charge is 0.480 e. The molecule has 0 radical (unpaired) electrons. The highest BCUT2D eigenvalue weighted by Crippen LogP contribution is 2.27. The van der Waals surface area contributed by atoms with Crippen LogP contribution in [-0.2, 0) is 11.0 Å². The topological polar surface area (TPSA) is 70.5 Å². The van der Waals surface area contributed by atoms with Crippen LogP contribution in [-0.4, -0.2) is 40.0 Å². The Morgan fingerprint density at radius 2 is 2.00 bits per heavy atom. The highest BCUT2D eigenvalue weighted by Gasteiger charge is 2.32. The van der Waals surface area contributed by atoms with Gasteiger partial charge in [0.2, 0.25) is 0 Å². The van der Waals surface area contributed by atoms with Gasteiger partial charge in [0.15, 0.2) is 0 Å². The lowest BCUT2D eigenvalue weighted by molar-refractivity contribution is -0.141. The lowest BCUT2D eigenvalue weighted by Gasteiger charge is -2.19. The Morgan fingerprint density at radius 3 is 2.40 bits per heavy atom. The second-order valence-electron chi connectivity index (χ2n) is 4.05. The van der Waals surface area contributed by atoms with Gasteiger partial charge in [-0.2, -0.15) is 13.2 Å². The smallest absolute Gasteiger partial charge is 0.433 e. The highest BCUT2D eigenvalue weighted by atomic mass is 19.4. The van der Waals surface area contributed by atoms with E-state index in [-0.39, 0.29) is 12.1 Å². The summed E-state index contributed by atoms with van der Waals surface area (Å²) in [6.45, 7) is 1.45. The third-order valence-corrected chi connectivity index (χ3v) is 2.41. The van der Waals surface area contributed by atoms with Crippen LogP contribution in [0.5, 0.6) is 0 Å². The molecule has 0 saturated carbocycles. The first kappa shape index (κ1) is 15.9. The van der Waals surface area contributed by atoms with Gasteiger partial charge >= 0.3 is 12.1 Å². The number of carboxylic acid groups (broad SMARTS) is 1. The van der Waals surface area contributed by atoms with E-state index in [1.165, 1.54) is 0 Å². The van der Waals surface area contributed by atoms with Gasteiger partial charge in [-0.15, -0.1) is 0 Å². The quantitative estimate of drug-likeness (QED) is 0.900. The number of alkyl halides is 3. The summed E-state index contributed by atoms with van der Waals surface area (Å²) in [5.74, 6) is -1.85. The first-order valence-corrected chi connectivity index (χ1v) is 5.80. The SMILES string of the molecule is CCCN(CC(=O)O)C(=O)c1ccc(C(F)(F)F)nc1. The minimum absolute atomic E-state index is 0.0762. The number of rotatable bonds is 5. The molecule has 5 nitrogen and oxygen atoms in total. The summed E-state index contributed by atoms with van der Waals surface area (Å²) in [7, 11) is 0. The molecular formula is C12H13F3N2O3. The molecule has 0 bridgehead atoms. The van der Waals surface area contributed by atoms with Crippen LogP contribution in [0.15, 0.2) is 18.3 Å². The number of carboxylic acids is 1. The molecule has 0 aliphatic rings. The zero-order chi connectivity index (χ0) is 15.3. The van der Waals surface area contributed by atoms with Crippen molar-refractivity contribution < 1.29 is 27.9 Å². The number of hydrogen-bond acceptors (Lipinski definition) is 3. The minimum atomic E-state index is -4.58. The van der Waals surface area contributed by atoms with Crippen LogP contribution in [0, 0.1) is 0 Å². The van der Waals surface area contributed by atoms with Crippen LogP contribution in [0.1, 0.15) is 29.4 Å². The van der Waals surface area contributed by atoms with Crippen LogP contribution in [0.25, 0.3) is 0 Å². The van der Waals surface area contributed by atoms with Gasteiger partial charge in [0.05, 0.1) is 5.56 Å². The minimum Gasteiger partial charge on any atom is -0.480 e. The normalized spacial score (nSPS) is 11.2. The molecule has 1 aromatic heterocycles. The lowest BCUT2D eigenvalue weighted by Crippen LogP contribution is -2.36. The molecule has 0 fully saturated rings. The molecule has 1 rings (SSSR count). The van der Waals surface area contributed by atoms with E-state index in [2.05, 4.69) is 4.98 Å². The number of nitrogens with zero attached hydrogens (tertiary/aromatic N) is 2. The van der Waals surface area contributed by atoms with E-state index in [4.69, 9.17) is 5.11 Å². The van der Waals surface area contributed by atoms with Gasteiger partial charge < -0.3 is 10.0 Å². The van der Waals surface area contributed by atoms with Gasteiger partial charge in [-0.1, -0.05) is 6.92 Å². The number of pyridine rings is 1. The Kier molecular flexibility index (Phi) is 5.06. The van der Waals surface area contributed by atoms with Crippen molar-refractivity contribution in [2.45, 2.75) is 19.5 Å². The molecular weight excluding hydrogens is 277 g/mol. The zero-order valence-corrected chi connectivity index (χ0v) is 10.6. The van der Waals surface area contributed by atoms with Crippen molar-refractivity contribution in [2.75, 3.05) is 13.1 Å². The second-order valence-corrected chi connectivity index (χ2v) is 4.05. The number of aliphatic carboxylic acids is 1. The van der Waals surface area contributed by atoms with Gasteiger partial charge in [-0.05, 0) is 18.6 Å². The van der Waals surface area contributed by atoms with Gasteiger partial charge in [0.25, 0.3) is 5.91 Å². The lowest BCUT2D eigenvalue weighted by atomic mass is 10.2. The molecule has 0 aliphatic carbocycles. The maximum absolute atomic E-state index is 12.3. The van der Waals surface area contributed by atoms with Gasteiger partial charge in [-0.3, -0.25) is 14.6 Å². The van der Waals surface area contributed by atoms with Crippen LogP contribution in [0.4, 0.5) is 13.2 Å². The van der Waals surface area contributed by atoms with Crippen molar-refractivity contribution >= 4 is 11.9 Å². The monoisotopic (exact) mass is 290 g/mol. The van der Waals surface area contributed by atoms with Crippen molar-refractivity contribution in [1.82, 2.24) is 9.88 Å². The third-order valence-electron chi connectivity index (χ3n) is 2.41. The molecule has 0 saturated heterocycles. The Bertz CT molecular complexity index is 486. The number of carbonyl (C=O) groups is 2. The summed E-state index contributed by atoms with van der Waals surface area (Å²) in [6, 6.07) is 1.68. The molecule has 0 atom stereocenters. The van der Waals surface area contributed by atoms with Gasteiger partial charge in [-0.25, -0.2) is 0 Å². The number of carbonyl (C=O) groups excluding carboxylic acids is 1. The predicted octanol–water partition coefficient (Wildman–Crippen LogP) is 2.04. The van der Waals surface area contributed by atoms with E-state index >= 15 is 0 Å². The molecule has 0 aromatic carbocycles. The van der Waals surface area contributed by atoms with Crippen molar-refractivity contribution in [1.29, 1.82) is 0 Å². The number of aromatic nitrogens is 1. The Balaban J connectivity index is 2.92. The van der Waals surface area contributed by atoms with Crippen LogP contribution in [0.2, 0.25) is 0 Å². The van der Waals surface area contributed by atoms with E-state index in [0.717, 1.165) is 17.2 Å². The second kappa shape index (κ2) is 6.36. The summed E-state index contributed by atoms with van der Waals surface area (Å²) < 4.78 is 37.0. The van der Waals surface area contributed by atoms with E-state index in [9.17, 15) is 22.8 Å². The van der Waals surface area contributed by atoms with Crippen molar-refractivity contribution in [2.24, 2.45) is 0 Å². The summed E-state index contributed by atoms with van der Waals surface area (Å²) in [4.78, 5) is 26.8. The van der Waals surface area contributed by atoms with E-state index in [1.807, 2.05) is 0 Å². The average molecular weight is 290 g/mol. The number of halogens is 3. The number of amides is 1.